The number of carbonyl (C=O) groups is 1. The minimum atomic E-state index is -0.732. The van der Waals surface area contributed by atoms with Crippen molar-refractivity contribution < 1.29 is 13.9 Å². The number of thioether (sulfide) groups is 1. The Kier molecular flexibility index (Phi) is 8.05. The van der Waals surface area contributed by atoms with Crippen molar-refractivity contribution in [3.8, 4) is 0 Å². The predicted octanol–water partition coefficient (Wildman–Crippen LogP) is 6.28. The Bertz CT molecular complexity index is 2210. The van der Waals surface area contributed by atoms with Crippen LogP contribution in [0.1, 0.15) is 29.9 Å². The first-order valence-electron chi connectivity index (χ1n) is 14.2. The Morgan fingerprint density at radius 1 is 1.04 bits per heavy atom. The van der Waals surface area contributed by atoms with Gasteiger partial charge in [-0.25, -0.2) is 14.8 Å². The molecule has 0 spiro atoms. The van der Waals surface area contributed by atoms with E-state index in [1.165, 1.54) is 23.1 Å². The lowest BCUT2D eigenvalue weighted by Gasteiger charge is -2.26. The number of nitrogens with one attached hydrogen (secondary N) is 1. The number of aromatic amines is 1. The second kappa shape index (κ2) is 12.4. The average molecular weight is 651 g/mol. The standard InChI is InChI=1S/C34H26N4O4S3/c1-3-41-32(40)28-29(20-9-5-4-6-10-20)37-34-38(30(28)21-13-16-23(43-2)17-14-21)31(39)26(44-34)19-22-15-18-27(42-22)45-33-35-24-11-7-8-12-25(24)36-33/h4-19,30H,3H2,1-2H3,(H,35,36)/b26-19+/t30-/m1/s1. The average Bonchev–Trinajstić information content (AvgIpc) is 3.77. The maximum absolute atomic E-state index is 14.1. The fourth-order valence-electron chi connectivity index (χ4n) is 5.21. The van der Waals surface area contributed by atoms with Gasteiger partial charge >= 0.3 is 5.97 Å². The van der Waals surface area contributed by atoms with Gasteiger partial charge in [-0.3, -0.25) is 9.36 Å². The highest BCUT2D eigenvalue weighted by Gasteiger charge is 2.35. The molecular weight excluding hydrogens is 625 g/mol. The summed E-state index contributed by atoms with van der Waals surface area (Å²) < 4.78 is 13.7. The molecule has 1 atom stereocenters. The van der Waals surface area contributed by atoms with E-state index in [2.05, 4.69) is 9.97 Å². The minimum absolute atomic E-state index is 0.194. The largest absolute Gasteiger partial charge is 0.463 e. The summed E-state index contributed by atoms with van der Waals surface area (Å²) in [6.45, 7) is 1.96. The number of aromatic nitrogens is 3. The van der Waals surface area contributed by atoms with Crippen molar-refractivity contribution in [3.05, 3.63) is 133 Å². The van der Waals surface area contributed by atoms with Gasteiger partial charge in [-0.1, -0.05) is 65.9 Å². The van der Waals surface area contributed by atoms with Gasteiger partial charge in [-0.2, -0.15) is 0 Å². The summed E-state index contributed by atoms with van der Waals surface area (Å²) in [5.74, 6) is 0.0132. The monoisotopic (exact) mass is 650 g/mol. The van der Waals surface area contributed by atoms with Gasteiger partial charge in [0, 0.05) is 16.5 Å². The molecule has 0 amide bonds. The molecule has 0 unspecified atom stereocenters. The topological polar surface area (TPSA) is 102 Å². The summed E-state index contributed by atoms with van der Waals surface area (Å²) >= 11 is 4.25. The molecule has 7 rings (SSSR count). The molecule has 1 N–H and O–H groups in total. The summed E-state index contributed by atoms with van der Waals surface area (Å²) in [6, 6.07) is 28.2. The molecule has 1 aliphatic heterocycles. The Morgan fingerprint density at radius 2 is 1.82 bits per heavy atom. The van der Waals surface area contributed by atoms with Crippen LogP contribution < -0.4 is 14.9 Å². The van der Waals surface area contributed by atoms with Gasteiger partial charge in [0.05, 0.1) is 39.5 Å². The van der Waals surface area contributed by atoms with Crippen molar-refractivity contribution in [3.63, 3.8) is 0 Å². The van der Waals surface area contributed by atoms with Crippen LogP contribution in [-0.2, 0) is 9.53 Å². The number of esters is 1. The number of rotatable bonds is 8. The summed E-state index contributed by atoms with van der Waals surface area (Å²) in [6.07, 6.45) is 3.72. The van der Waals surface area contributed by atoms with Crippen molar-refractivity contribution in [2.75, 3.05) is 12.9 Å². The molecule has 0 saturated heterocycles. The molecule has 45 heavy (non-hydrogen) atoms. The molecule has 0 saturated carbocycles. The number of hydrogen-bond donors (Lipinski definition) is 1. The quantitative estimate of drug-likeness (QED) is 0.153. The zero-order chi connectivity index (χ0) is 30.9. The number of fused-ring (bicyclic) bond motifs is 2. The van der Waals surface area contributed by atoms with Crippen LogP contribution in [0.3, 0.4) is 0 Å². The van der Waals surface area contributed by atoms with Crippen LogP contribution in [0.15, 0.2) is 126 Å². The van der Waals surface area contributed by atoms with Gasteiger partial charge in [0.25, 0.3) is 5.56 Å². The Hall–Kier alpha value is -4.58. The van der Waals surface area contributed by atoms with Crippen molar-refractivity contribution in [1.29, 1.82) is 0 Å². The number of ether oxygens (including phenoxy) is 1. The number of benzene rings is 3. The second-order valence-electron chi connectivity index (χ2n) is 10.0. The molecule has 0 bridgehead atoms. The van der Waals surface area contributed by atoms with Crippen molar-refractivity contribution in [1.82, 2.24) is 14.5 Å². The number of carbonyl (C=O) groups excluding carboxylic acids is 1. The van der Waals surface area contributed by atoms with Crippen LogP contribution in [-0.4, -0.2) is 33.4 Å². The van der Waals surface area contributed by atoms with Gasteiger partial charge in [-0.15, -0.1) is 11.8 Å². The lowest BCUT2D eigenvalue weighted by molar-refractivity contribution is -0.138. The normalized spacial score (nSPS) is 14.9. The van der Waals surface area contributed by atoms with E-state index >= 15 is 0 Å². The first kappa shape index (κ1) is 29.1. The maximum Gasteiger partial charge on any atom is 0.338 e. The molecule has 4 heterocycles. The number of nitrogens with zero attached hydrogens (tertiary/aromatic N) is 3. The van der Waals surface area contributed by atoms with E-state index in [-0.39, 0.29) is 12.2 Å². The Labute approximate surface area is 270 Å². The smallest absolute Gasteiger partial charge is 0.338 e. The second-order valence-corrected chi connectivity index (χ2v) is 12.9. The maximum atomic E-state index is 14.1. The van der Waals surface area contributed by atoms with Crippen molar-refractivity contribution in [2.45, 2.75) is 28.1 Å². The van der Waals surface area contributed by atoms with Gasteiger partial charge in [-0.05, 0) is 66.9 Å². The molecule has 1 aliphatic rings. The number of imidazole rings is 1. The number of H-pyrrole nitrogens is 1. The molecule has 224 valence electrons. The van der Waals surface area contributed by atoms with Crippen LogP contribution in [0.5, 0.6) is 0 Å². The lowest BCUT2D eigenvalue weighted by Crippen LogP contribution is -2.40. The van der Waals surface area contributed by atoms with Crippen LogP contribution in [0.25, 0.3) is 22.8 Å². The number of thiazole rings is 1. The van der Waals surface area contributed by atoms with Crippen molar-refractivity contribution >= 4 is 63.6 Å². The molecule has 3 aromatic heterocycles. The van der Waals surface area contributed by atoms with E-state index in [1.54, 1.807) is 29.3 Å². The van der Waals surface area contributed by atoms with E-state index in [1.807, 2.05) is 97.3 Å². The SMILES string of the molecule is CCOC(=O)C1=C(c2ccccc2)N=c2s/c(=C/c3ccc(Sc4nc5ccccc5[nH]4)o3)c(=O)n2[C@@H]1c1ccc(SC)cc1. The van der Waals surface area contributed by atoms with E-state index in [9.17, 15) is 9.59 Å². The molecule has 11 heteroatoms. The summed E-state index contributed by atoms with van der Waals surface area (Å²) in [4.78, 5) is 42.1. The highest BCUT2D eigenvalue weighted by Crippen LogP contribution is 2.36. The summed E-state index contributed by atoms with van der Waals surface area (Å²) in [7, 11) is 0. The predicted molar refractivity (Wildman–Crippen MR) is 178 cm³/mol. The zero-order valence-corrected chi connectivity index (χ0v) is 26.7. The molecule has 3 aromatic carbocycles. The molecule has 6 aromatic rings. The Balaban J connectivity index is 1.34. The third kappa shape index (κ3) is 5.70. The molecule has 0 radical (unpaired) electrons. The van der Waals surface area contributed by atoms with Crippen LogP contribution in [0, 0.1) is 0 Å². The first-order valence-corrected chi connectivity index (χ1v) is 17.0. The number of para-hydroxylation sites is 2. The lowest BCUT2D eigenvalue weighted by atomic mass is 9.93. The van der Waals surface area contributed by atoms with Gasteiger partial charge in [0.15, 0.2) is 15.1 Å². The first-order chi connectivity index (χ1) is 22.0. The highest BCUT2D eigenvalue weighted by atomic mass is 32.2. The Morgan fingerprint density at radius 3 is 2.58 bits per heavy atom. The van der Waals surface area contributed by atoms with Crippen LogP contribution in [0.4, 0.5) is 0 Å². The number of hydrogen-bond acceptors (Lipinski definition) is 9. The third-order valence-electron chi connectivity index (χ3n) is 7.25. The van der Waals surface area contributed by atoms with Gasteiger partial charge < -0.3 is 14.1 Å². The third-order valence-corrected chi connectivity index (χ3v) is 9.78. The molecule has 0 fully saturated rings. The van der Waals surface area contributed by atoms with Gasteiger partial charge in [0.2, 0.25) is 0 Å². The molecule has 0 aliphatic carbocycles. The highest BCUT2D eigenvalue weighted by molar-refractivity contribution is 7.99. The van der Waals surface area contributed by atoms with E-state index in [0.717, 1.165) is 27.1 Å². The fourth-order valence-corrected chi connectivity index (χ4v) is 7.37. The van der Waals surface area contributed by atoms with E-state index < -0.39 is 12.0 Å². The molecule has 8 nitrogen and oxygen atoms in total. The summed E-state index contributed by atoms with van der Waals surface area (Å²) in [5, 5.41) is 1.35. The zero-order valence-electron chi connectivity index (χ0n) is 24.2. The fraction of sp³-hybridized carbons (Fsp3) is 0.118. The van der Waals surface area contributed by atoms with E-state index in [0.29, 0.717) is 36.6 Å². The van der Waals surface area contributed by atoms with Crippen molar-refractivity contribution in [2.24, 2.45) is 4.99 Å². The molecular formula is C34H26N4O4S3. The van der Waals surface area contributed by atoms with Crippen LogP contribution >= 0.6 is 34.9 Å². The van der Waals surface area contributed by atoms with Gasteiger partial charge in [0.1, 0.15) is 5.76 Å². The number of furan rings is 1. The van der Waals surface area contributed by atoms with Crippen LogP contribution in [0.2, 0.25) is 0 Å². The summed E-state index contributed by atoms with van der Waals surface area (Å²) in [5.41, 5.74) is 3.92. The van der Waals surface area contributed by atoms with E-state index in [4.69, 9.17) is 14.1 Å². The minimum Gasteiger partial charge on any atom is -0.463 e.